The van der Waals surface area contributed by atoms with Crippen LogP contribution in [-0.4, -0.2) is 36.1 Å². The lowest BCUT2D eigenvalue weighted by Crippen LogP contribution is -2.45. The maximum Gasteiger partial charge on any atom is 0.0292 e. The van der Waals surface area contributed by atoms with Gasteiger partial charge in [-0.1, -0.05) is 6.92 Å². The third-order valence-corrected chi connectivity index (χ3v) is 2.84. The van der Waals surface area contributed by atoms with Crippen LogP contribution in [0.15, 0.2) is 0 Å². The Labute approximate surface area is 77.8 Å². The van der Waals surface area contributed by atoms with E-state index in [-0.39, 0.29) is 1.43 Å². The highest BCUT2D eigenvalue weighted by Gasteiger charge is 2.33. The van der Waals surface area contributed by atoms with Gasteiger partial charge in [0.1, 0.15) is 0 Å². The van der Waals surface area contributed by atoms with Crippen LogP contribution in [0.2, 0.25) is 0 Å². The number of hydrogen-bond donors (Lipinski definition) is 1. The summed E-state index contributed by atoms with van der Waals surface area (Å²) >= 11 is 0. The standard InChI is InChI=1S/C10H22N2.H2/c1-5-11-10(4)6-7-12(8-10)9(2)3;/h9,11H,5-8H2,1-4H3;1H/t10-;/m1./s1. The van der Waals surface area contributed by atoms with Crippen LogP contribution < -0.4 is 5.32 Å². The molecule has 1 saturated heterocycles. The minimum absolute atomic E-state index is 0. The smallest absolute Gasteiger partial charge is 0.0292 e. The van der Waals surface area contributed by atoms with E-state index < -0.39 is 0 Å². The van der Waals surface area contributed by atoms with E-state index in [0.717, 1.165) is 6.54 Å². The van der Waals surface area contributed by atoms with E-state index in [1.165, 1.54) is 19.5 Å². The molecule has 0 aliphatic carbocycles. The Morgan fingerprint density at radius 3 is 2.67 bits per heavy atom. The molecule has 0 aromatic carbocycles. The van der Waals surface area contributed by atoms with Gasteiger partial charge in [0, 0.05) is 26.1 Å². The topological polar surface area (TPSA) is 15.3 Å². The van der Waals surface area contributed by atoms with Crippen LogP contribution in [0.4, 0.5) is 0 Å². The summed E-state index contributed by atoms with van der Waals surface area (Å²) in [5.74, 6) is 0. The van der Waals surface area contributed by atoms with Crippen LogP contribution in [0.5, 0.6) is 0 Å². The molecule has 0 aromatic rings. The third-order valence-electron chi connectivity index (χ3n) is 2.84. The van der Waals surface area contributed by atoms with Crippen LogP contribution in [0.1, 0.15) is 35.5 Å². The molecular formula is C10H24N2. The average Bonchev–Trinajstić information content (AvgIpc) is 2.33. The molecule has 0 radical (unpaired) electrons. The predicted octanol–water partition coefficient (Wildman–Crippen LogP) is 1.71. The first-order valence-corrected chi connectivity index (χ1v) is 5.06. The number of hydrogen-bond acceptors (Lipinski definition) is 2. The van der Waals surface area contributed by atoms with E-state index in [0.29, 0.717) is 11.6 Å². The van der Waals surface area contributed by atoms with Crippen molar-refractivity contribution in [1.29, 1.82) is 0 Å². The first kappa shape index (κ1) is 10.0. The van der Waals surface area contributed by atoms with E-state index in [9.17, 15) is 0 Å². The lowest BCUT2D eigenvalue weighted by atomic mass is 10.0. The van der Waals surface area contributed by atoms with Crippen molar-refractivity contribution in [1.82, 2.24) is 10.2 Å². The number of likely N-dealkylation sites (N-methyl/N-ethyl adjacent to an activating group) is 1. The molecule has 1 heterocycles. The molecule has 1 N–H and O–H groups in total. The summed E-state index contributed by atoms with van der Waals surface area (Å²) in [5.41, 5.74) is 0.374. The van der Waals surface area contributed by atoms with Crippen molar-refractivity contribution < 1.29 is 1.43 Å². The Balaban J connectivity index is 0.00000144. The monoisotopic (exact) mass is 172 g/mol. The highest BCUT2D eigenvalue weighted by atomic mass is 15.2. The second-order valence-corrected chi connectivity index (χ2v) is 4.41. The van der Waals surface area contributed by atoms with Gasteiger partial charge in [-0.05, 0) is 33.7 Å². The van der Waals surface area contributed by atoms with Crippen molar-refractivity contribution in [2.45, 2.75) is 45.7 Å². The molecule has 1 rings (SSSR count). The van der Waals surface area contributed by atoms with Crippen molar-refractivity contribution in [2.75, 3.05) is 19.6 Å². The van der Waals surface area contributed by atoms with E-state index >= 15 is 0 Å². The van der Waals surface area contributed by atoms with Gasteiger partial charge in [-0.3, -0.25) is 4.90 Å². The Bertz CT molecular complexity index is 150. The molecule has 2 heteroatoms. The van der Waals surface area contributed by atoms with Gasteiger partial charge in [0.25, 0.3) is 0 Å². The van der Waals surface area contributed by atoms with Crippen LogP contribution in [0.25, 0.3) is 0 Å². The summed E-state index contributed by atoms with van der Waals surface area (Å²) in [6.07, 6.45) is 1.29. The molecule has 1 aliphatic heterocycles. The predicted molar refractivity (Wildman–Crippen MR) is 55.5 cm³/mol. The van der Waals surface area contributed by atoms with Crippen LogP contribution in [0, 0.1) is 0 Å². The van der Waals surface area contributed by atoms with Crippen LogP contribution in [0.3, 0.4) is 0 Å². The van der Waals surface area contributed by atoms with Gasteiger partial charge >= 0.3 is 0 Å². The van der Waals surface area contributed by atoms with Crippen molar-refractivity contribution in [2.24, 2.45) is 0 Å². The van der Waals surface area contributed by atoms with E-state index in [4.69, 9.17) is 0 Å². The van der Waals surface area contributed by atoms with E-state index in [1.807, 2.05) is 0 Å². The lowest BCUT2D eigenvalue weighted by molar-refractivity contribution is 0.248. The molecule has 0 bridgehead atoms. The molecule has 1 atom stereocenters. The summed E-state index contributed by atoms with van der Waals surface area (Å²) in [7, 11) is 0. The molecule has 0 spiro atoms. The summed E-state index contributed by atoms with van der Waals surface area (Å²) < 4.78 is 0. The van der Waals surface area contributed by atoms with Crippen LogP contribution in [-0.2, 0) is 0 Å². The van der Waals surface area contributed by atoms with Gasteiger partial charge in [-0.15, -0.1) is 0 Å². The number of likely N-dealkylation sites (tertiary alicyclic amines) is 1. The molecule has 74 valence electrons. The third kappa shape index (κ3) is 2.20. The fourth-order valence-corrected chi connectivity index (χ4v) is 2.01. The van der Waals surface area contributed by atoms with Gasteiger partial charge in [-0.2, -0.15) is 0 Å². The fourth-order valence-electron chi connectivity index (χ4n) is 2.01. The van der Waals surface area contributed by atoms with Crippen molar-refractivity contribution in [3.05, 3.63) is 0 Å². The first-order chi connectivity index (χ1) is 5.57. The normalized spacial score (nSPS) is 31.8. The minimum Gasteiger partial charge on any atom is -0.310 e. The van der Waals surface area contributed by atoms with E-state index in [2.05, 4.69) is 37.9 Å². The average molecular weight is 172 g/mol. The first-order valence-electron chi connectivity index (χ1n) is 5.06. The number of nitrogens with one attached hydrogen (secondary N) is 1. The van der Waals surface area contributed by atoms with E-state index in [1.54, 1.807) is 0 Å². The summed E-state index contributed by atoms with van der Waals surface area (Å²) in [6, 6.07) is 0.700. The highest BCUT2D eigenvalue weighted by Crippen LogP contribution is 2.21. The largest absolute Gasteiger partial charge is 0.310 e. The van der Waals surface area contributed by atoms with Crippen LogP contribution >= 0.6 is 0 Å². The molecule has 2 nitrogen and oxygen atoms in total. The lowest BCUT2D eigenvalue weighted by Gasteiger charge is -2.27. The zero-order valence-electron chi connectivity index (χ0n) is 8.85. The Hall–Kier alpha value is -0.0800. The maximum atomic E-state index is 3.56. The molecule has 0 aromatic heterocycles. The molecule has 12 heavy (non-hydrogen) atoms. The summed E-state index contributed by atoms with van der Waals surface area (Å²) in [4.78, 5) is 2.54. The second-order valence-electron chi connectivity index (χ2n) is 4.41. The highest BCUT2D eigenvalue weighted by molar-refractivity contribution is 4.93. The quantitative estimate of drug-likeness (QED) is 0.697. The van der Waals surface area contributed by atoms with Gasteiger partial charge in [0.05, 0.1) is 0 Å². The zero-order valence-corrected chi connectivity index (χ0v) is 8.85. The van der Waals surface area contributed by atoms with Crippen molar-refractivity contribution in [3.63, 3.8) is 0 Å². The maximum absolute atomic E-state index is 3.56. The molecule has 0 amide bonds. The fraction of sp³-hybridized carbons (Fsp3) is 1.00. The van der Waals surface area contributed by atoms with Gasteiger partial charge < -0.3 is 5.32 Å². The van der Waals surface area contributed by atoms with Gasteiger partial charge in [-0.25, -0.2) is 0 Å². The number of nitrogens with zero attached hydrogens (tertiary/aromatic N) is 1. The molecule has 0 unspecified atom stereocenters. The number of rotatable bonds is 3. The SMILES string of the molecule is CCN[C@]1(C)CCN(C(C)C)C1.[HH]. The Morgan fingerprint density at radius 1 is 1.58 bits per heavy atom. The Kier molecular flexibility index (Phi) is 3.13. The molecule has 1 fully saturated rings. The van der Waals surface area contributed by atoms with Gasteiger partial charge in [0.15, 0.2) is 0 Å². The molecule has 1 aliphatic rings. The molecule has 0 saturated carbocycles. The molecular weight excluding hydrogens is 148 g/mol. The summed E-state index contributed by atoms with van der Waals surface area (Å²) in [5, 5.41) is 3.56. The zero-order chi connectivity index (χ0) is 9.19. The van der Waals surface area contributed by atoms with Gasteiger partial charge in [0.2, 0.25) is 0 Å². The Morgan fingerprint density at radius 2 is 2.25 bits per heavy atom. The van der Waals surface area contributed by atoms with Crippen molar-refractivity contribution in [3.8, 4) is 0 Å². The van der Waals surface area contributed by atoms with Crippen molar-refractivity contribution >= 4 is 0 Å². The summed E-state index contributed by atoms with van der Waals surface area (Å²) in [6.45, 7) is 12.6. The minimum atomic E-state index is 0. The second kappa shape index (κ2) is 3.75.